The number of alkyl halides is 2. The van der Waals surface area contributed by atoms with Crippen LogP contribution in [-0.2, 0) is 4.79 Å². The molecular formula is C13H15F2NO4. The minimum Gasteiger partial charge on any atom is -0.481 e. The fourth-order valence-electron chi connectivity index (χ4n) is 1.55. The summed E-state index contributed by atoms with van der Waals surface area (Å²) in [6, 6.07) is 5.39. The monoisotopic (exact) mass is 287 g/mol. The van der Waals surface area contributed by atoms with Crippen LogP contribution in [-0.4, -0.2) is 30.1 Å². The van der Waals surface area contributed by atoms with Gasteiger partial charge in [0, 0.05) is 18.5 Å². The molecule has 0 bridgehead atoms. The summed E-state index contributed by atoms with van der Waals surface area (Å²) in [4.78, 5) is 22.2. The van der Waals surface area contributed by atoms with E-state index in [1.165, 1.54) is 24.3 Å². The smallest absolute Gasteiger partial charge is 0.387 e. The lowest BCUT2D eigenvalue weighted by atomic mass is 10.1. The molecule has 5 nitrogen and oxygen atoms in total. The van der Waals surface area contributed by atoms with Gasteiger partial charge in [0.15, 0.2) is 0 Å². The van der Waals surface area contributed by atoms with Crippen molar-refractivity contribution in [2.45, 2.75) is 20.0 Å². The summed E-state index contributed by atoms with van der Waals surface area (Å²) in [5.74, 6) is -1.75. The summed E-state index contributed by atoms with van der Waals surface area (Å²) in [6.45, 7) is -1.08. The van der Waals surface area contributed by atoms with Crippen molar-refractivity contribution in [1.29, 1.82) is 0 Å². The van der Waals surface area contributed by atoms with Crippen LogP contribution < -0.4 is 10.1 Å². The maximum absolute atomic E-state index is 12.1. The largest absolute Gasteiger partial charge is 0.481 e. The quantitative estimate of drug-likeness (QED) is 0.805. The fraction of sp³-hybridized carbons (Fsp3) is 0.385. The molecule has 110 valence electrons. The molecule has 0 heterocycles. The van der Waals surface area contributed by atoms with Gasteiger partial charge in [0.1, 0.15) is 5.75 Å². The predicted octanol–water partition coefficient (Wildman–Crippen LogP) is 2.13. The molecule has 0 saturated heterocycles. The molecule has 2 N–H and O–H groups in total. The first-order chi connectivity index (χ1) is 9.38. The number of carbonyl (C=O) groups is 2. The van der Waals surface area contributed by atoms with Gasteiger partial charge in [-0.15, -0.1) is 0 Å². The van der Waals surface area contributed by atoms with E-state index in [0.29, 0.717) is 0 Å². The van der Waals surface area contributed by atoms with Crippen LogP contribution in [0.3, 0.4) is 0 Å². The molecule has 0 aliphatic carbocycles. The molecule has 0 aromatic heterocycles. The molecular weight excluding hydrogens is 272 g/mol. The van der Waals surface area contributed by atoms with Gasteiger partial charge in [-0.1, -0.05) is 13.0 Å². The number of rotatable bonds is 7. The number of hydrogen-bond donors (Lipinski definition) is 2. The second-order valence-corrected chi connectivity index (χ2v) is 4.32. The maximum Gasteiger partial charge on any atom is 0.387 e. The minimum atomic E-state index is -2.95. The average molecular weight is 287 g/mol. The van der Waals surface area contributed by atoms with Crippen molar-refractivity contribution in [2.24, 2.45) is 5.92 Å². The Balaban J connectivity index is 2.57. The summed E-state index contributed by atoms with van der Waals surface area (Å²) in [5.41, 5.74) is 0.172. The zero-order valence-corrected chi connectivity index (χ0v) is 10.8. The molecule has 1 unspecified atom stereocenters. The third kappa shape index (κ3) is 5.64. The van der Waals surface area contributed by atoms with E-state index in [2.05, 4.69) is 10.1 Å². The van der Waals surface area contributed by atoms with Crippen molar-refractivity contribution in [3.8, 4) is 5.75 Å². The van der Waals surface area contributed by atoms with Crippen LogP contribution in [0, 0.1) is 5.92 Å². The molecule has 0 spiro atoms. The zero-order chi connectivity index (χ0) is 15.1. The topological polar surface area (TPSA) is 75.6 Å². The van der Waals surface area contributed by atoms with Crippen LogP contribution in [0.15, 0.2) is 24.3 Å². The van der Waals surface area contributed by atoms with Crippen molar-refractivity contribution >= 4 is 11.9 Å². The summed E-state index contributed by atoms with van der Waals surface area (Å²) in [7, 11) is 0. The highest BCUT2D eigenvalue weighted by atomic mass is 19.3. The number of carboxylic acids is 1. The second kappa shape index (κ2) is 7.42. The molecule has 0 saturated carbocycles. The number of benzene rings is 1. The second-order valence-electron chi connectivity index (χ2n) is 4.32. The third-order valence-corrected chi connectivity index (χ3v) is 2.46. The van der Waals surface area contributed by atoms with Gasteiger partial charge in [0.05, 0.1) is 0 Å². The van der Waals surface area contributed by atoms with Crippen molar-refractivity contribution in [2.75, 3.05) is 6.54 Å². The van der Waals surface area contributed by atoms with E-state index >= 15 is 0 Å². The van der Waals surface area contributed by atoms with E-state index in [1.54, 1.807) is 6.92 Å². The Kier molecular flexibility index (Phi) is 5.89. The molecule has 0 aliphatic heterocycles. The first-order valence-electron chi connectivity index (χ1n) is 5.93. The van der Waals surface area contributed by atoms with Crippen LogP contribution in [0.2, 0.25) is 0 Å². The third-order valence-electron chi connectivity index (χ3n) is 2.46. The highest BCUT2D eigenvalue weighted by Gasteiger charge is 2.12. The normalized spacial score (nSPS) is 12.0. The van der Waals surface area contributed by atoms with Gasteiger partial charge in [-0.2, -0.15) is 8.78 Å². The fourth-order valence-corrected chi connectivity index (χ4v) is 1.55. The molecule has 0 aliphatic rings. The van der Waals surface area contributed by atoms with E-state index in [9.17, 15) is 18.4 Å². The summed E-state index contributed by atoms with van der Waals surface area (Å²) >= 11 is 0. The Hall–Kier alpha value is -2.18. The van der Waals surface area contributed by atoms with Gasteiger partial charge in [0.25, 0.3) is 5.91 Å². The van der Waals surface area contributed by atoms with Crippen LogP contribution in [0.5, 0.6) is 5.75 Å². The van der Waals surface area contributed by atoms with Crippen molar-refractivity contribution in [3.05, 3.63) is 29.8 Å². The molecule has 1 amide bonds. The summed E-state index contributed by atoms with van der Waals surface area (Å²) in [5, 5.41) is 11.1. The number of carbonyl (C=O) groups excluding carboxylic acids is 1. The van der Waals surface area contributed by atoms with E-state index in [-0.39, 0.29) is 30.2 Å². The Bertz CT molecular complexity index is 479. The maximum atomic E-state index is 12.1. The van der Waals surface area contributed by atoms with Crippen LogP contribution in [0.25, 0.3) is 0 Å². The molecule has 1 atom stereocenters. The lowest BCUT2D eigenvalue weighted by molar-refractivity contribution is -0.137. The molecule has 0 fully saturated rings. The Morgan fingerprint density at radius 1 is 1.40 bits per heavy atom. The Morgan fingerprint density at radius 3 is 2.70 bits per heavy atom. The highest BCUT2D eigenvalue weighted by Crippen LogP contribution is 2.16. The van der Waals surface area contributed by atoms with Gasteiger partial charge < -0.3 is 15.2 Å². The number of hydrogen-bond acceptors (Lipinski definition) is 3. The number of carboxylic acid groups (broad SMARTS) is 1. The lowest BCUT2D eigenvalue weighted by Gasteiger charge is -2.11. The van der Waals surface area contributed by atoms with Gasteiger partial charge >= 0.3 is 12.6 Å². The van der Waals surface area contributed by atoms with Gasteiger partial charge in [-0.3, -0.25) is 9.59 Å². The molecule has 1 rings (SSSR count). The van der Waals surface area contributed by atoms with Gasteiger partial charge in [-0.25, -0.2) is 0 Å². The highest BCUT2D eigenvalue weighted by molar-refractivity contribution is 5.94. The average Bonchev–Trinajstić information content (AvgIpc) is 2.34. The number of nitrogens with one attached hydrogen (secondary N) is 1. The first-order valence-corrected chi connectivity index (χ1v) is 5.93. The Labute approximate surface area is 114 Å². The lowest BCUT2D eigenvalue weighted by Crippen LogP contribution is -2.29. The molecule has 7 heteroatoms. The SMILES string of the molecule is CC(CNC(=O)c1cccc(OC(F)F)c1)CC(=O)O. The van der Waals surface area contributed by atoms with E-state index in [0.717, 1.165) is 0 Å². The Morgan fingerprint density at radius 2 is 2.10 bits per heavy atom. The van der Waals surface area contributed by atoms with Crippen molar-refractivity contribution in [1.82, 2.24) is 5.32 Å². The minimum absolute atomic E-state index is 0.0607. The molecule has 20 heavy (non-hydrogen) atoms. The first kappa shape index (κ1) is 15.9. The van der Waals surface area contributed by atoms with E-state index in [4.69, 9.17) is 5.11 Å². The number of amides is 1. The zero-order valence-electron chi connectivity index (χ0n) is 10.8. The summed E-state index contributed by atoms with van der Waals surface area (Å²) < 4.78 is 28.3. The summed E-state index contributed by atoms with van der Waals surface area (Å²) in [6.07, 6.45) is -0.0607. The van der Waals surface area contributed by atoms with Crippen molar-refractivity contribution < 1.29 is 28.2 Å². The molecule has 1 aromatic rings. The van der Waals surface area contributed by atoms with Gasteiger partial charge in [-0.05, 0) is 24.1 Å². The standard InChI is InChI=1S/C13H15F2NO4/c1-8(5-11(17)18)7-16-12(19)9-3-2-4-10(6-9)20-13(14)15/h2-4,6,8,13H,5,7H2,1H3,(H,16,19)(H,17,18). The van der Waals surface area contributed by atoms with Gasteiger partial charge in [0.2, 0.25) is 0 Å². The van der Waals surface area contributed by atoms with Crippen LogP contribution >= 0.6 is 0 Å². The van der Waals surface area contributed by atoms with Crippen molar-refractivity contribution in [3.63, 3.8) is 0 Å². The molecule has 0 radical (unpaired) electrons. The number of ether oxygens (including phenoxy) is 1. The predicted molar refractivity (Wildman–Crippen MR) is 66.8 cm³/mol. The number of halogens is 2. The van der Waals surface area contributed by atoms with Crippen LogP contribution in [0.4, 0.5) is 8.78 Å². The van der Waals surface area contributed by atoms with Crippen LogP contribution in [0.1, 0.15) is 23.7 Å². The van der Waals surface area contributed by atoms with E-state index in [1.807, 2.05) is 0 Å². The molecule has 1 aromatic carbocycles. The van der Waals surface area contributed by atoms with E-state index < -0.39 is 18.5 Å². The number of aliphatic carboxylic acids is 1.